The van der Waals surface area contributed by atoms with Crippen LogP contribution in [0.15, 0.2) is 11.6 Å². The standard InChI is InChI=1S/C77H131N3O34.3Na/c1-43(2)13-9-14-44(3)51-17-18-52-50-16-15-48-29-49(19-21-72(48,7)53(50)20-22-73(51,52)8)108-39-74(36-105-40-102-23-10-26-109-75(69(96)97)30-54(87)60(78-45(4)84)66(112-75)63(93)57(90)33-81,37-106-41-103-24-11-27-110-76(70(98)99)31-55(88)61(79-46(5)85)67(113-76)64(94)58(91)34-82)38-107-42-104-25-12-28-111-77(71(100)101)32-56(89)62(80-47(6)86)68(114-77)65(95)59(92)35-83;;;/h15,43-44,49-68,81-83,87-95H,9-14,16-42H2,1-8H3,(H,78,84)(H,79,85)(H,80,86)(H,96,97)(H,98,99)(H,100,101);;;/q;3*+1/p-3/t44?,49-,50?,51+,52-,53-,54?,55?,56?,57+,58+,59+,60?,61?,62?,63-,64-,65-,66?,67?,68?,72?,73?,74?,75?,76?,77?;;;/m0.../s1. The van der Waals surface area contributed by atoms with E-state index in [0.717, 1.165) is 46.5 Å². The molecule has 0 bridgehead atoms. The van der Waals surface area contributed by atoms with Gasteiger partial charge >= 0.3 is 88.7 Å². The molecule has 6 fully saturated rings. The third-order valence-corrected chi connectivity index (χ3v) is 24.4. The maximum Gasteiger partial charge on any atom is 1.00 e. The first-order chi connectivity index (χ1) is 53.9. The number of carbonyl (C=O) groups excluding carboxylic acids is 6. The number of ether oxygens (including phenoxy) is 13. The number of aliphatic hydroxyl groups excluding tert-OH is 12. The van der Waals surface area contributed by atoms with Gasteiger partial charge in [-0.3, -0.25) is 14.4 Å². The van der Waals surface area contributed by atoms with E-state index in [4.69, 9.17) is 61.6 Å². The van der Waals surface area contributed by atoms with Crippen molar-refractivity contribution < 1.29 is 256 Å². The number of amides is 3. The zero-order valence-corrected chi connectivity index (χ0v) is 76.0. The van der Waals surface area contributed by atoms with Crippen molar-refractivity contribution >= 4 is 35.6 Å². The van der Waals surface area contributed by atoms with Gasteiger partial charge in [0.25, 0.3) is 0 Å². The number of carboxylic acid groups (broad SMARTS) is 3. The summed E-state index contributed by atoms with van der Waals surface area (Å²) in [5.41, 5.74) is 0.346. The van der Waals surface area contributed by atoms with Gasteiger partial charge in [-0.2, -0.15) is 0 Å². The van der Waals surface area contributed by atoms with Crippen molar-refractivity contribution in [1.82, 2.24) is 16.0 Å². The van der Waals surface area contributed by atoms with Crippen molar-refractivity contribution in [2.75, 3.05) is 106 Å². The van der Waals surface area contributed by atoms with E-state index < -0.39 is 229 Å². The molecule has 3 heterocycles. The maximum atomic E-state index is 12.7. The first-order valence-electron chi connectivity index (χ1n) is 40.1. The number of hydrogen-bond donors (Lipinski definition) is 15. The van der Waals surface area contributed by atoms with Gasteiger partial charge in [-0.1, -0.05) is 65.5 Å². The Morgan fingerprint density at radius 1 is 0.513 bits per heavy atom. The van der Waals surface area contributed by atoms with E-state index in [0.29, 0.717) is 41.9 Å². The molecule has 0 spiro atoms. The number of carboxylic acids is 3. The van der Waals surface area contributed by atoms with Crippen molar-refractivity contribution in [1.29, 1.82) is 0 Å². The predicted molar refractivity (Wildman–Crippen MR) is 387 cm³/mol. The molecular formula is C77H128N3Na3O34. The molecule has 3 amide bonds. The molecule has 0 radical (unpaired) electrons. The Hall–Kier alpha value is -1.44. The second kappa shape index (κ2) is 50.2. The normalized spacial score (nSPS) is 33.8. The van der Waals surface area contributed by atoms with Gasteiger partial charge in [0.15, 0.2) is 0 Å². The predicted octanol–water partition coefficient (Wildman–Crippen LogP) is -14.0. The SMILES string of the molecule is CC(=O)NC1C(O)CC(OCCCOCOCC(COCOCCCOC2(C(=O)[O-])CC(O)C(NC(C)=O)C([C@@H](O)[C@H](O)CO)O2)(COCOCCCOC2(C(=O)[O-])CC(O)C(NC(C)=O)C([C@@H](O)[C@H](O)CO)O2)CO[C@H]2CCC3(C)C(=CCC4[C@@H]3CCC3(C)[C@@H](C(C)CCCC(C)C)CC[C@@H]43)C2)(C(=O)[O-])OC1[C@@H](O)[C@H](O)CO.[Na+].[Na+].[Na+]. The van der Waals surface area contributed by atoms with E-state index >= 15 is 0 Å². The molecule has 26 atom stereocenters. The summed E-state index contributed by atoms with van der Waals surface area (Å²) in [4.78, 5) is 74.4. The fourth-order valence-corrected chi connectivity index (χ4v) is 18.5. The van der Waals surface area contributed by atoms with Crippen LogP contribution in [0.5, 0.6) is 0 Å². The fraction of sp³-hybridized carbons (Fsp3) is 0.896. The van der Waals surface area contributed by atoms with E-state index in [9.17, 15) is 105 Å². The van der Waals surface area contributed by atoms with Crippen molar-refractivity contribution in [2.24, 2.45) is 51.8 Å². The van der Waals surface area contributed by atoms with Crippen molar-refractivity contribution in [3.05, 3.63) is 11.6 Å². The van der Waals surface area contributed by atoms with Gasteiger partial charge in [0.1, 0.15) is 93.2 Å². The van der Waals surface area contributed by atoms with Gasteiger partial charge in [-0.05, 0) is 117 Å². The summed E-state index contributed by atoms with van der Waals surface area (Å²) < 4.78 is 77.3. The number of aliphatic carboxylic acids is 3. The van der Waals surface area contributed by atoms with Crippen molar-refractivity contribution in [3.63, 3.8) is 0 Å². The second-order valence-corrected chi connectivity index (χ2v) is 33.3. The molecule has 0 aromatic heterocycles. The summed E-state index contributed by atoms with van der Waals surface area (Å²) >= 11 is 0. The van der Waals surface area contributed by atoms with Crippen molar-refractivity contribution in [2.45, 2.75) is 279 Å². The molecule has 4 aliphatic carbocycles. The average molecular weight is 1710 g/mol. The van der Waals surface area contributed by atoms with Crippen LogP contribution < -0.4 is 120 Å². The molecule has 117 heavy (non-hydrogen) atoms. The number of hydrogen-bond acceptors (Lipinski definition) is 34. The van der Waals surface area contributed by atoms with Crippen LogP contribution in [0, 0.1) is 51.8 Å². The van der Waals surface area contributed by atoms with Crippen LogP contribution in [-0.4, -0.2) is 318 Å². The molecule has 15 N–H and O–H groups in total. The summed E-state index contributed by atoms with van der Waals surface area (Å²) in [7, 11) is 0. The van der Waals surface area contributed by atoms with Crippen LogP contribution in [0.2, 0.25) is 0 Å². The van der Waals surface area contributed by atoms with E-state index in [2.05, 4.69) is 56.6 Å². The smallest absolute Gasteiger partial charge is 0.544 e. The number of carbonyl (C=O) groups is 6. The Balaban J connectivity index is 0.00000960. The molecular weight excluding hydrogens is 1580 g/mol. The monoisotopic (exact) mass is 1710 g/mol. The molecule has 3 aliphatic heterocycles. The first kappa shape index (κ1) is 108. The van der Waals surface area contributed by atoms with Gasteiger partial charge in [0.05, 0.1) is 134 Å². The molecule has 3 saturated heterocycles. The maximum absolute atomic E-state index is 12.7. The third kappa shape index (κ3) is 28.5. The molecule has 3 saturated carbocycles. The molecule has 0 aromatic rings. The molecule has 0 aromatic carbocycles. The fourth-order valence-electron chi connectivity index (χ4n) is 18.5. The van der Waals surface area contributed by atoms with Crippen LogP contribution in [-0.2, 0) is 90.3 Å². The second-order valence-electron chi connectivity index (χ2n) is 33.3. The topological polar surface area (TPSA) is 570 Å². The number of aliphatic hydroxyl groups is 12. The van der Waals surface area contributed by atoms with Crippen LogP contribution in [0.3, 0.4) is 0 Å². The Bertz CT molecular complexity index is 2850. The minimum absolute atomic E-state index is 0. The van der Waals surface area contributed by atoms with E-state index in [1.807, 2.05) is 0 Å². The third-order valence-electron chi connectivity index (χ3n) is 24.4. The number of allylic oxidation sites excluding steroid dienone is 1. The van der Waals surface area contributed by atoms with E-state index in [1.165, 1.54) is 44.1 Å². The van der Waals surface area contributed by atoms with E-state index in [1.54, 1.807) is 0 Å². The molecule has 37 nitrogen and oxygen atoms in total. The van der Waals surface area contributed by atoms with Crippen molar-refractivity contribution in [3.8, 4) is 0 Å². The minimum atomic E-state index is -2.72. The minimum Gasteiger partial charge on any atom is -0.544 e. The Kier molecular flexibility index (Phi) is 46.3. The zero-order valence-electron chi connectivity index (χ0n) is 70.0. The van der Waals surface area contributed by atoms with Gasteiger partial charge in [-0.15, -0.1) is 0 Å². The van der Waals surface area contributed by atoms with E-state index in [-0.39, 0.29) is 171 Å². The quantitative estimate of drug-likeness (QED) is 0.0116. The van der Waals surface area contributed by atoms with Crippen LogP contribution >= 0.6 is 0 Å². The van der Waals surface area contributed by atoms with Gasteiger partial charge < -0.3 is 169 Å². The summed E-state index contributed by atoms with van der Waals surface area (Å²) in [5, 5.41) is 171. The van der Waals surface area contributed by atoms with Crippen LogP contribution in [0.1, 0.15) is 165 Å². The molecule has 7 rings (SSSR count). The summed E-state index contributed by atoms with van der Waals surface area (Å²) in [6.45, 7) is 8.69. The van der Waals surface area contributed by atoms with Crippen LogP contribution in [0.4, 0.5) is 0 Å². The van der Waals surface area contributed by atoms with Gasteiger partial charge in [-0.25, -0.2) is 0 Å². The summed E-state index contributed by atoms with van der Waals surface area (Å²) in [6, 6.07) is -4.34. The molecule has 16 unspecified atom stereocenters. The largest absolute Gasteiger partial charge is 1.00 e. The van der Waals surface area contributed by atoms with Gasteiger partial charge in [0, 0.05) is 40.0 Å². The Morgan fingerprint density at radius 3 is 1.25 bits per heavy atom. The molecule has 658 valence electrons. The number of rotatable bonds is 50. The average Bonchev–Trinajstić information content (AvgIpc) is 1.66. The van der Waals surface area contributed by atoms with Gasteiger partial charge in [0.2, 0.25) is 35.1 Å². The Labute approximate surface area is 750 Å². The molecule has 7 aliphatic rings. The Morgan fingerprint density at radius 2 is 0.897 bits per heavy atom. The zero-order chi connectivity index (χ0) is 84.1. The molecule has 40 heteroatoms. The first-order valence-corrected chi connectivity index (χ1v) is 40.1. The number of fused-ring (bicyclic) bond motifs is 5. The number of nitrogens with one attached hydrogen (secondary N) is 3. The summed E-state index contributed by atoms with van der Waals surface area (Å²) in [6.07, 6.45) is -10.8. The van der Waals surface area contributed by atoms with Crippen LogP contribution in [0.25, 0.3) is 0 Å². The summed E-state index contributed by atoms with van der Waals surface area (Å²) in [5.74, 6) is -12.3.